The lowest BCUT2D eigenvalue weighted by atomic mass is 10.1. The van der Waals surface area contributed by atoms with Crippen LogP contribution in [0.1, 0.15) is 25.8 Å². The van der Waals surface area contributed by atoms with E-state index in [1.54, 1.807) is 7.11 Å². The molecule has 1 aliphatic heterocycles. The van der Waals surface area contributed by atoms with E-state index in [2.05, 4.69) is 49.1 Å². The van der Waals surface area contributed by atoms with E-state index in [1.165, 1.54) is 11.1 Å². The first-order chi connectivity index (χ1) is 9.19. The number of rotatable bonds is 4. The van der Waals surface area contributed by atoms with Crippen LogP contribution in [0.15, 0.2) is 42.0 Å². The summed E-state index contributed by atoms with van der Waals surface area (Å²) in [6.07, 6.45) is 7.89. The van der Waals surface area contributed by atoms with Gasteiger partial charge in [-0.15, -0.1) is 0 Å². The molecule has 0 aromatic heterocycles. The number of methoxy groups -OCH3 is 1. The Morgan fingerprint density at radius 1 is 1.16 bits per heavy atom. The Bertz CT molecular complexity index is 457. The molecule has 2 heteroatoms. The quantitative estimate of drug-likeness (QED) is 0.814. The molecule has 2 rings (SSSR count). The lowest BCUT2D eigenvalue weighted by molar-refractivity contribution is 0.240. The summed E-state index contributed by atoms with van der Waals surface area (Å²) >= 11 is 0. The zero-order valence-corrected chi connectivity index (χ0v) is 12.1. The van der Waals surface area contributed by atoms with Crippen LogP contribution in [0.4, 0.5) is 0 Å². The molecule has 0 fully saturated rings. The predicted octanol–water partition coefficient (Wildman–Crippen LogP) is 3.75. The van der Waals surface area contributed by atoms with Gasteiger partial charge in [0.2, 0.25) is 0 Å². The average Bonchev–Trinajstić information content (AvgIpc) is 2.46. The van der Waals surface area contributed by atoms with Crippen molar-refractivity contribution in [3.05, 3.63) is 47.6 Å². The maximum atomic E-state index is 5.16. The van der Waals surface area contributed by atoms with E-state index >= 15 is 0 Å². The third-order valence-electron chi connectivity index (χ3n) is 3.61. The smallest absolute Gasteiger partial charge is 0.118 e. The van der Waals surface area contributed by atoms with Crippen LogP contribution in [0.25, 0.3) is 6.08 Å². The monoisotopic (exact) mass is 257 g/mol. The number of hydrogen-bond acceptors (Lipinski definition) is 2. The number of hydrogen-bond donors (Lipinski definition) is 0. The van der Waals surface area contributed by atoms with Gasteiger partial charge in [0.25, 0.3) is 0 Å². The fourth-order valence-corrected chi connectivity index (χ4v) is 2.24. The lowest BCUT2D eigenvalue weighted by Gasteiger charge is -2.28. The van der Waals surface area contributed by atoms with Gasteiger partial charge < -0.3 is 4.74 Å². The van der Waals surface area contributed by atoms with Crippen molar-refractivity contribution in [2.75, 3.05) is 20.2 Å². The Balaban J connectivity index is 1.95. The Morgan fingerprint density at radius 2 is 1.89 bits per heavy atom. The molecular formula is C17H23NO. The van der Waals surface area contributed by atoms with Crippen LogP contribution in [0.2, 0.25) is 0 Å². The standard InChI is InChI=1S/C17H23NO/c1-14(2)18-12-10-16(11-13-18)5-4-15-6-8-17(19-3)9-7-15/h4-10,14H,11-13H2,1-3H3. The molecule has 1 aromatic carbocycles. The molecule has 0 saturated heterocycles. The first-order valence-corrected chi connectivity index (χ1v) is 6.94. The SMILES string of the molecule is COc1ccc(C=CC2=CCN(C(C)C)CC2)cc1. The summed E-state index contributed by atoms with van der Waals surface area (Å²) in [4.78, 5) is 2.49. The summed E-state index contributed by atoms with van der Waals surface area (Å²) in [5.74, 6) is 0.904. The predicted molar refractivity (Wildman–Crippen MR) is 81.4 cm³/mol. The van der Waals surface area contributed by atoms with Crippen LogP contribution in [0.3, 0.4) is 0 Å². The van der Waals surface area contributed by atoms with Gasteiger partial charge in [-0.1, -0.05) is 30.4 Å². The maximum Gasteiger partial charge on any atom is 0.118 e. The highest BCUT2D eigenvalue weighted by molar-refractivity contribution is 5.54. The molecule has 19 heavy (non-hydrogen) atoms. The second kappa shape index (κ2) is 6.58. The van der Waals surface area contributed by atoms with Crippen molar-refractivity contribution in [2.45, 2.75) is 26.3 Å². The van der Waals surface area contributed by atoms with Gasteiger partial charge in [0, 0.05) is 19.1 Å². The lowest BCUT2D eigenvalue weighted by Crippen LogP contribution is -2.34. The van der Waals surface area contributed by atoms with Gasteiger partial charge in [-0.2, -0.15) is 0 Å². The summed E-state index contributed by atoms with van der Waals surface area (Å²) in [6, 6.07) is 8.80. The Labute approximate surface area is 116 Å². The van der Waals surface area contributed by atoms with Gasteiger partial charge in [0.1, 0.15) is 5.75 Å². The Morgan fingerprint density at radius 3 is 2.42 bits per heavy atom. The molecule has 0 N–H and O–H groups in total. The minimum atomic E-state index is 0.642. The molecule has 0 bridgehead atoms. The molecule has 2 nitrogen and oxygen atoms in total. The third kappa shape index (κ3) is 3.97. The first-order valence-electron chi connectivity index (χ1n) is 6.94. The van der Waals surface area contributed by atoms with Crippen molar-refractivity contribution >= 4 is 6.08 Å². The van der Waals surface area contributed by atoms with E-state index in [4.69, 9.17) is 4.74 Å². The Kier molecular flexibility index (Phi) is 4.80. The molecule has 0 saturated carbocycles. The number of benzene rings is 1. The topological polar surface area (TPSA) is 12.5 Å². The summed E-state index contributed by atoms with van der Waals surface area (Å²) in [5, 5.41) is 0. The van der Waals surface area contributed by atoms with E-state index in [-0.39, 0.29) is 0 Å². The molecule has 0 aliphatic carbocycles. The van der Waals surface area contributed by atoms with Gasteiger partial charge in [-0.3, -0.25) is 4.90 Å². The third-order valence-corrected chi connectivity index (χ3v) is 3.61. The highest BCUT2D eigenvalue weighted by Gasteiger charge is 2.12. The summed E-state index contributed by atoms with van der Waals surface area (Å²) in [5.41, 5.74) is 2.65. The van der Waals surface area contributed by atoms with Gasteiger partial charge in [-0.05, 0) is 43.5 Å². The summed E-state index contributed by atoms with van der Waals surface area (Å²) in [7, 11) is 1.69. The van der Waals surface area contributed by atoms with Gasteiger partial charge in [0.05, 0.1) is 7.11 Å². The van der Waals surface area contributed by atoms with E-state index < -0.39 is 0 Å². The van der Waals surface area contributed by atoms with Crippen molar-refractivity contribution in [1.82, 2.24) is 4.90 Å². The minimum absolute atomic E-state index is 0.642. The molecule has 0 amide bonds. The second-order valence-corrected chi connectivity index (χ2v) is 5.22. The number of ether oxygens (including phenoxy) is 1. The van der Waals surface area contributed by atoms with Crippen LogP contribution in [0.5, 0.6) is 5.75 Å². The van der Waals surface area contributed by atoms with Crippen LogP contribution < -0.4 is 4.74 Å². The second-order valence-electron chi connectivity index (χ2n) is 5.22. The van der Waals surface area contributed by atoms with Gasteiger partial charge in [-0.25, -0.2) is 0 Å². The molecule has 0 radical (unpaired) electrons. The van der Waals surface area contributed by atoms with Gasteiger partial charge >= 0.3 is 0 Å². The minimum Gasteiger partial charge on any atom is -0.497 e. The average molecular weight is 257 g/mol. The van der Waals surface area contributed by atoms with Crippen molar-refractivity contribution in [3.8, 4) is 5.75 Å². The van der Waals surface area contributed by atoms with Crippen molar-refractivity contribution in [3.63, 3.8) is 0 Å². The first kappa shape index (κ1) is 13.9. The molecule has 1 heterocycles. The maximum absolute atomic E-state index is 5.16. The number of nitrogens with zero attached hydrogens (tertiary/aromatic N) is 1. The molecule has 1 aromatic rings. The van der Waals surface area contributed by atoms with Crippen molar-refractivity contribution < 1.29 is 4.74 Å². The van der Waals surface area contributed by atoms with Crippen LogP contribution in [-0.4, -0.2) is 31.1 Å². The zero-order chi connectivity index (χ0) is 13.7. The van der Waals surface area contributed by atoms with E-state index in [0.717, 1.165) is 25.3 Å². The molecule has 0 spiro atoms. The molecule has 1 aliphatic rings. The largest absolute Gasteiger partial charge is 0.497 e. The highest BCUT2D eigenvalue weighted by Crippen LogP contribution is 2.17. The normalized spacial score (nSPS) is 16.9. The van der Waals surface area contributed by atoms with Crippen LogP contribution in [-0.2, 0) is 0 Å². The van der Waals surface area contributed by atoms with Gasteiger partial charge in [0.15, 0.2) is 0 Å². The fourth-order valence-electron chi connectivity index (χ4n) is 2.24. The molecule has 0 atom stereocenters. The van der Waals surface area contributed by atoms with E-state index in [9.17, 15) is 0 Å². The van der Waals surface area contributed by atoms with Crippen molar-refractivity contribution in [2.24, 2.45) is 0 Å². The number of allylic oxidation sites excluding steroid dienone is 1. The molecule has 102 valence electrons. The van der Waals surface area contributed by atoms with E-state index in [0.29, 0.717) is 6.04 Å². The van der Waals surface area contributed by atoms with E-state index in [1.807, 2.05) is 12.1 Å². The Hall–Kier alpha value is -1.54. The summed E-state index contributed by atoms with van der Waals surface area (Å²) in [6.45, 7) is 6.74. The van der Waals surface area contributed by atoms with Crippen LogP contribution >= 0.6 is 0 Å². The van der Waals surface area contributed by atoms with Crippen LogP contribution in [0, 0.1) is 0 Å². The zero-order valence-electron chi connectivity index (χ0n) is 12.1. The molecule has 0 unspecified atom stereocenters. The molecular weight excluding hydrogens is 234 g/mol. The highest BCUT2D eigenvalue weighted by atomic mass is 16.5. The van der Waals surface area contributed by atoms with Crippen molar-refractivity contribution in [1.29, 1.82) is 0 Å². The fraction of sp³-hybridized carbons (Fsp3) is 0.412. The summed E-state index contributed by atoms with van der Waals surface area (Å²) < 4.78 is 5.16.